The van der Waals surface area contributed by atoms with Crippen LogP contribution in [0.5, 0.6) is 0 Å². The molecule has 0 radical (unpaired) electrons. The number of nitrogens with two attached hydrogens (primary N) is 1. The van der Waals surface area contributed by atoms with Gasteiger partial charge in [-0.25, -0.2) is 8.78 Å². The van der Waals surface area contributed by atoms with Crippen LogP contribution < -0.4 is 5.73 Å². The minimum Gasteiger partial charge on any atom is -0.369 e. The van der Waals surface area contributed by atoms with Gasteiger partial charge in [-0.05, 0) is 18.1 Å². The van der Waals surface area contributed by atoms with Gasteiger partial charge >= 0.3 is 0 Å². The summed E-state index contributed by atoms with van der Waals surface area (Å²) < 4.78 is 27.7. The highest BCUT2D eigenvalue weighted by Gasteiger charge is 2.37. The number of hydrogen-bond acceptors (Lipinski definition) is 2. The molecule has 20 heavy (non-hydrogen) atoms. The lowest BCUT2D eigenvalue weighted by Crippen LogP contribution is -2.32. The van der Waals surface area contributed by atoms with Crippen LogP contribution in [0.15, 0.2) is 16.6 Å². The van der Waals surface area contributed by atoms with Gasteiger partial charge in [0.1, 0.15) is 17.2 Å². The van der Waals surface area contributed by atoms with E-state index in [-0.39, 0.29) is 23.5 Å². The van der Waals surface area contributed by atoms with Crippen LogP contribution in [-0.2, 0) is 4.79 Å². The van der Waals surface area contributed by atoms with Crippen molar-refractivity contribution in [2.75, 3.05) is 13.1 Å². The second-order valence-electron chi connectivity index (χ2n) is 4.94. The molecule has 0 aromatic heterocycles. The van der Waals surface area contributed by atoms with Crippen LogP contribution in [0, 0.1) is 23.5 Å². The summed E-state index contributed by atoms with van der Waals surface area (Å²) in [6, 6.07) is 2.06. The van der Waals surface area contributed by atoms with Gasteiger partial charge in [-0.3, -0.25) is 9.59 Å². The van der Waals surface area contributed by atoms with Crippen molar-refractivity contribution in [3.8, 4) is 0 Å². The minimum atomic E-state index is -0.933. The molecule has 0 saturated carbocycles. The van der Waals surface area contributed by atoms with Crippen LogP contribution in [0.2, 0.25) is 0 Å². The first-order chi connectivity index (χ1) is 9.31. The zero-order chi connectivity index (χ0) is 15.0. The highest BCUT2D eigenvalue weighted by Crippen LogP contribution is 2.27. The molecule has 1 saturated heterocycles. The molecule has 1 heterocycles. The smallest absolute Gasteiger partial charge is 0.259 e. The summed E-state index contributed by atoms with van der Waals surface area (Å²) in [5.74, 6) is -3.75. The van der Waals surface area contributed by atoms with E-state index in [1.54, 1.807) is 6.92 Å². The van der Waals surface area contributed by atoms with Gasteiger partial charge in [0.15, 0.2) is 0 Å². The number of nitrogens with zero attached hydrogens (tertiary/aromatic N) is 1. The van der Waals surface area contributed by atoms with Gasteiger partial charge in [-0.1, -0.05) is 22.9 Å². The maximum atomic E-state index is 13.8. The molecule has 1 aromatic rings. The third kappa shape index (κ3) is 2.67. The molecule has 4 nitrogen and oxygen atoms in total. The van der Waals surface area contributed by atoms with Gasteiger partial charge in [0.05, 0.1) is 5.92 Å². The first kappa shape index (κ1) is 14.9. The molecular weight excluding hydrogens is 334 g/mol. The van der Waals surface area contributed by atoms with Crippen molar-refractivity contribution in [2.45, 2.75) is 6.92 Å². The maximum absolute atomic E-state index is 13.8. The molecule has 2 N–H and O–H groups in total. The zero-order valence-electron chi connectivity index (χ0n) is 10.7. The van der Waals surface area contributed by atoms with E-state index in [4.69, 9.17) is 5.73 Å². The van der Waals surface area contributed by atoms with Gasteiger partial charge in [-0.2, -0.15) is 0 Å². The average Bonchev–Trinajstić information content (AvgIpc) is 2.69. The molecule has 1 aliphatic rings. The fraction of sp³-hybridized carbons (Fsp3) is 0.385. The number of rotatable bonds is 2. The van der Waals surface area contributed by atoms with Crippen molar-refractivity contribution in [1.29, 1.82) is 0 Å². The van der Waals surface area contributed by atoms with E-state index in [1.165, 1.54) is 4.90 Å². The molecular formula is C13H13BrF2N2O2. The Morgan fingerprint density at radius 1 is 1.30 bits per heavy atom. The molecule has 0 spiro atoms. The summed E-state index contributed by atoms with van der Waals surface area (Å²) in [4.78, 5) is 24.7. The molecule has 2 atom stereocenters. The van der Waals surface area contributed by atoms with Gasteiger partial charge in [0.25, 0.3) is 5.91 Å². The summed E-state index contributed by atoms with van der Waals surface area (Å²) in [5, 5.41) is 0. The standard InChI is InChI=1S/C13H13BrF2N2O2/c1-6-4-18(5-8(6)12(17)19)13(20)11-9(15)2-7(14)3-10(11)16/h2-3,6,8H,4-5H2,1H3,(H2,17,19)/t6-,8-/m1/s1. The molecule has 108 valence electrons. The average molecular weight is 347 g/mol. The number of amides is 2. The fourth-order valence-electron chi connectivity index (χ4n) is 2.41. The van der Waals surface area contributed by atoms with Crippen molar-refractivity contribution in [2.24, 2.45) is 17.6 Å². The van der Waals surface area contributed by atoms with E-state index < -0.39 is 34.9 Å². The number of primary amides is 1. The Balaban J connectivity index is 2.28. The second-order valence-corrected chi connectivity index (χ2v) is 5.86. The maximum Gasteiger partial charge on any atom is 0.259 e. The largest absolute Gasteiger partial charge is 0.369 e. The number of halogens is 3. The molecule has 0 unspecified atom stereocenters. The van der Waals surface area contributed by atoms with Crippen LogP contribution in [0.1, 0.15) is 17.3 Å². The molecule has 1 aromatic carbocycles. The van der Waals surface area contributed by atoms with E-state index in [1.807, 2.05) is 0 Å². The van der Waals surface area contributed by atoms with Gasteiger partial charge in [0.2, 0.25) is 5.91 Å². The Kier molecular flexibility index (Phi) is 4.08. The SMILES string of the molecule is C[C@@H]1CN(C(=O)c2c(F)cc(Br)cc2F)C[C@H]1C(N)=O. The summed E-state index contributed by atoms with van der Waals surface area (Å²) in [6.45, 7) is 2.11. The molecule has 2 rings (SSSR count). The predicted molar refractivity (Wildman–Crippen MR) is 71.8 cm³/mol. The molecule has 0 aliphatic carbocycles. The van der Waals surface area contributed by atoms with Crippen LogP contribution >= 0.6 is 15.9 Å². The van der Waals surface area contributed by atoms with Crippen molar-refractivity contribution in [3.05, 3.63) is 33.8 Å². The molecule has 1 fully saturated rings. The Hall–Kier alpha value is -1.50. The Morgan fingerprint density at radius 3 is 2.30 bits per heavy atom. The van der Waals surface area contributed by atoms with E-state index in [9.17, 15) is 18.4 Å². The van der Waals surface area contributed by atoms with Gasteiger partial charge < -0.3 is 10.6 Å². The number of carbonyl (C=O) groups is 2. The minimum absolute atomic E-state index is 0.0876. The van der Waals surface area contributed by atoms with Crippen molar-refractivity contribution < 1.29 is 18.4 Å². The highest BCUT2D eigenvalue weighted by molar-refractivity contribution is 9.10. The number of likely N-dealkylation sites (tertiary alicyclic amines) is 1. The number of hydrogen-bond donors (Lipinski definition) is 1. The van der Waals surface area contributed by atoms with Gasteiger partial charge in [0, 0.05) is 17.6 Å². The summed E-state index contributed by atoms with van der Waals surface area (Å²) >= 11 is 2.95. The number of benzene rings is 1. The molecule has 0 bridgehead atoms. The van der Waals surface area contributed by atoms with Crippen LogP contribution in [0.3, 0.4) is 0 Å². The third-order valence-electron chi connectivity index (χ3n) is 3.49. The van der Waals surface area contributed by atoms with Crippen molar-refractivity contribution >= 4 is 27.7 Å². The topological polar surface area (TPSA) is 63.4 Å². The Morgan fingerprint density at radius 2 is 1.85 bits per heavy atom. The quantitative estimate of drug-likeness (QED) is 0.889. The highest BCUT2D eigenvalue weighted by atomic mass is 79.9. The first-order valence-corrected chi connectivity index (χ1v) is 6.83. The van der Waals surface area contributed by atoms with Crippen LogP contribution in [0.4, 0.5) is 8.78 Å². The number of carbonyl (C=O) groups excluding carboxylic acids is 2. The monoisotopic (exact) mass is 346 g/mol. The lowest BCUT2D eigenvalue weighted by atomic mass is 9.98. The lowest BCUT2D eigenvalue weighted by molar-refractivity contribution is -0.122. The Labute approximate surface area is 123 Å². The second kappa shape index (κ2) is 5.47. The van der Waals surface area contributed by atoms with E-state index in [0.717, 1.165) is 12.1 Å². The predicted octanol–water partition coefficient (Wildman–Crippen LogP) is 1.92. The summed E-state index contributed by atoms with van der Waals surface area (Å²) in [6.07, 6.45) is 0. The zero-order valence-corrected chi connectivity index (χ0v) is 12.3. The first-order valence-electron chi connectivity index (χ1n) is 6.04. The van der Waals surface area contributed by atoms with E-state index >= 15 is 0 Å². The molecule has 2 amide bonds. The molecule has 7 heteroatoms. The third-order valence-corrected chi connectivity index (χ3v) is 3.94. The van der Waals surface area contributed by atoms with Crippen LogP contribution in [-0.4, -0.2) is 29.8 Å². The summed E-state index contributed by atoms with van der Waals surface area (Å²) in [5.41, 5.74) is 4.63. The van der Waals surface area contributed by atoms with Crippen LogP contribution in [0.25, 0.3) is 0 Å². The van der Waals surface area contributed by atoms with Crippen molar-refractivity contribution in [1.82, 2.24) is 4.90 Å². The van der Waals surface area contributed by atoms with Crippen molar-refractivity contribution in [3.63, 3.8) is 0 Å². The van der Waals surface area contributed by atoms with Gasteiger partial charge in [-0.15, -0.1) is 0 Å². The Bertz CT molecular complexity index is 556. The normalized spacial score (nSPS) is 22.1. The summed E-state index contributed by atoms with van der Waals surface area (Å²) in [7, 11) is 0. The molecule has 1 aliphatic heterocycles. The lowest BCUT2D eigenvalue weighted by Gasteiger charge is -2.17. The fourth-order valence-corrected chi connectivity index (χ4v) is 2.81. The van der Waals surface area contributed by atoms with E-state index in [0.29, 0.717) is 0 Å². The van der Waals surface area contributed by atoms with E-state index in [2.05, 4.69) is 15.9 Å².